The highest BCUT2D eigenvalue weighted by atomic mass is 16.6. The van der Waals surface area contributed by atoms with Gasteiger partial charge in [-0.2, -0.15) is 0 Å². The lowest BCUT2D eigenvalue weighted by molar-refractivity contribution is -0.139. The Bertz CT molecular complexity index is 1300. The Hall–Kier alpha value is -3.80. The van der Waals surface area contributed by atoms with Crippen molar-refractivity contribution in [2.45, 2.75) is 37.6 Å². The fraction of sp³-hybridized carbons (Fsp3) is 0.286. The first-order chi connectivity index (χ1) is 16.6. The molecule has 0 spiro atoms. The smallest absolute Gasteiger partial charge is 0.313 e. The Labute approximate surface area is 197 Å². The summed E-state index contributed by atoms with van der Waals surface area (Å²) in [5.41, 5.74) is 4.95. The predicted molar refractivity (Wildman–Crippen MR) is 127 cm³/mol. The van der Waals surface area contributed by atoms with Gasteiger partial charge >= 0.3 is 5.97 Å². The molecule has 0 radical (unpaired) electrons. The first kappa shape index (κ1) is 20.8. The van der Waals surface area contributed by atoms with E-state index in [0.29, 0.717) is 41.4 Å². The molecule has 1 amide bonds. The number of hydrogen-bond donors (Lipinski definition) is 1. The van der Waals surface area contributed by atoms with Crippen LogP contribution >= 0.6 is 0 Å². The third-order valence-electron chi connectivity index (χ3n) is 7.12. The van der Waals surface area contributed by atoms with Gasteiger partial charge in [-0.25, -0.2) is 0 Å². The van der Waals surface area contributed by atoms with Crippen LogP contribution in [0.5, 0.6) is 11.5 Å². The number of hydrogen-bond acceptors (Lipinski definition) is 4. The van der Waals surface area contributed by atoms with Crippen LogP contribution < -0.4 is 14.4 Å². The number of rotatable bonds is 3. The number of aliphatic carboxylic acids is 1. The molecule has 0 saturated heterocycles. The average molecular weight is 456 g/mol. The van der Waals surface area contributed by atoms with Gasteiger partial charge < -0.3 is 14.6 Å². The molecule has 1 aliphatic carbocycles. The van der Waals surface area contributed by atoms with Crippen molar-refractivity contribution in [3.8, 4) is 11.5 Å². The molecule has 3 aliphatic rings. The van der Waals surface area contributed by atoms with Crippen molar-refractivity contribution >= 4 is 17.6 Å². The molecule has 0 aromatic heterocycles. The molecule has 2 heterocycles. The lowest BCUT2D eigenvalue weighted by Crippen LogP contribution is -2.45. The van der Waals surface area contributed by atoms with Crippen molar-refractivity contribution in [1.82, 2.24) is 0 Å². The third kappa shape index (κ3) is 3.33. The Morgan fingerprint density at radius 3 is 2.47 bits per heavy atom. The van der Waals surface area contributed by atoms with Gasteiger partial charge in [-0.1, -0.05) is 30.3 Å². The van der Waals surface area contributed by atoms with Crippen LogP contribution in [0.3, 0.4) is 0 Å². The minimum absolute atomic E-state index is 0.191. The monoisotopic (exact) mass is 455 g/mol. The Morgan fingerprint density at radius 2 is 1.65 bits per heavy atom. The quantitative estimate of drug-likeness (QED) is 0.608. The van der Waals surface area contributed by atoms with Gasteiger partial charge in [0.1, 0.15) is 19.1 Å². The normalized spacial score (nSPS) is 20.9. The van der Waals surface area contributed by atoms with Crippen LogP contribution in [0.25, 0.3) is 0 Å². The summed E-state index contributed by atoms with van der Waals surface area (Å²) < 4.78 is 11.5. The van der Waals surface area contributed by atoms with Gasteiger partial charge in [-0.15, -0.1) is 0 Å². The maximum absolute atomic E-state index is 13.9. The van der Waals surface area contributed by atoms with E-state index >= 15 is 0 Å². The second kappa shape index (κ2) is 8.20. The van der Waals surface area contributed by atoms with Crippen molar-refractivity contribution in [2.24, 2.45) is 0 Å². The molecule has 0 unspecified atom stereocenters. The van der Waals surface area contributed by atoms with Crippen LogP contribution in [0, 0.1) is 0 Å². The number of carbonyl (C=O) groups is 2. The largest absolute Gasteiger partial charge is 0.486 e. The molecule has 3 aromatic carbocycles. The van der Waals surface area contributed by atoms with Gasteiger partial charge in [0.05, 0.1) is 6.04 Å². The summed E-state index contributed by atoms with van der Waals surface area (Å²) in [6.07, 6.45) is 4.30. The van der Waals surface area contributed by atoms with Gasteiger partial charge in [-0.3, -0.25) is 14.5 Å². The van der Waals surface area contributed by atoms with E-state index in [1.165, 1.54) is 17.5 Å². The molecular weight excluding hydrogens is 430 g/mol. The van der Waals surface area contributed by atoms with E-state index in [9.17, 15) is 14.7 Å². The zero-order chi connectivity index (χ0) is 23.2. The minimum atomic E-state index is -0.970. The Balaban J connectivity index is 1.55. The van der Waals surface area contributed by atoms with Crippen LogP contribution in [0.2, 0.25) is 0 Å². The number of carboxylic acid groups (broad SMARTS) is 1. The van der Waals surface area contributed by atoms with E-state index in [4.69, 9.17) is 9.47 Å². The Morgan fingerprint density at radius 1 is 0.882 bits per heavy atom. The molecule has 6 nitrogen and oxygen atoms in total. The first-order valence-electron chi connectivity index (χ1n) is 11.8. The molecule has 0 saturated carbocycles. The summed E-state index contributed by atoms with van der Waals surface area (Å²) in [6.45, 7) is 0.903. The van der Waals surface area contributed by atoms with Gasteiger partial charge in [0.25, 0.3) is 5.91 Å². The highest BCUT2D eigenvalue weighted by Gasteiger charge is 2.45. The van der Waals surface area contributed by atoms with Gasteiger partial charge in [0, 0.05) is 11.3 Å². The minimum Gasteiger partial charge on any atom is -0.486 e. The van der Waals surface area contributed by atoms with E-state index in [1.54, 1.807) is 35.2 Å². The van der Waals surface area contributed by atoms with Crippen molar-refractivity contribution in [3.63, 3.8) is 0 Å². The standard InChI is InChI=1S/C28H25NO5/c30-27-22-8-4-3-7-21(22)25(28(31)32)26(19-10-12-23-24(16-19)34-14-13-33-23)29(27)20-11-9-17-5-1-2-6-18(17)15-20/h3-4,7-12,15-16,25-26H,1-2,5-6,13-14H2,(H,31,32)/t25-,26+/m0/s1. The molecule has 6 rings (SSSR count). The number of amides is 1. The number of carboxylic acids is 1. The van der Waals surface area contributed by atoms with E-state index in [0.717, 1.165) is 24.9 Å². The second-order valence-electron chi connectivity index (χ2n) is 9.09. The fourth-order valence-corrected chi connectivity index (χ4v) is 5.54. The Kier molecular flexibility index (Phi) is 5.01. The van der Waals surface area contributed by atoms with Crippen LogP contribution in [0.1, 0.15) is 57.4 Å². The summed E-state index contributed by atoms with van der Waals surface area (Å²) >= 11 is 0. The van der Waals surface area contributed by atoms with Crippen LogP contribution in [-0.4, -0.2) is 30.2 Å². The van der Waals surface area contributed by atoms with E-state index in [-0.39, 0.29) is 5.91 Å². The van der Waals surface area contributed by atoms with Crippen molar-refractivity contribution in [3.05, 3.63) is 88.5 Å². The number of benzene rings is 3. The fourth-order valence-electron chi connectivity index (χ4n) is 5.54. The number of anilines is 1. The number of carbonyl (C=O) groups excluding carboxylic acids is 1. The van der Waals surface area contributed by atoms with Crippen LogP contribution in [0.15, 0.2) is 60.7 Å². The average Bonchev–Trinajstić information content (AvgIpc) is 2.88. The SMILES string of the molecule is O=C(O)[C@H]1c2ccccc2C(=O)N(c2ccc3c(c2)CCCC3)[C@@H]1c1ccc2c(c1)OCCO2. The van der Waals surface area contributed by atoms with Crippen molar-refractivity contribution in [2.75, 3.05) is 18.1 Å². The summed E-state index contributed by atoms with van der Waals surface area (Å²) in [5, 5.41) is 10.4. The molecule has 2 atom stereocenters. The molecule has 0 fully saturated rings. The summed E-state index contributed by atoms with van der Waals surface area (Å²) in [4.78, 5) is 28.3. The van der Waals surface area contributed by atoms with Gasteiger partial charge in [0.15, 0.2) is 11.5 Å². The van der Waals surface area contributed by atoms with Crippen LogP contribution in [0.4, 0.5) is 5.69 Å². The number of fused-ring (bicyclic) bond motifs is 3. The van der Waals surface area contributed by atoms with Gasteiger partial charge in [-0.05, 0) is 78.3 Å². The van der Waals surface area contributed by atoms with E-state index in [2.05, 4.69) is 12.1 Å². The first-order valence-corrected chi connectivity index (χ1v) is 11.8. The molecule has 34 heavy (non-hydrogen) atoms. The number of nitrogens with zero attached hydrogens (tertiary/aromatic N) is 1. The molecule has 6 heteroatoms. The lowest BCUT2D eigenvalue weighted by Gasteiger charge is -2.41. The zero-order valence-corrected chi connectivity index (χ0v) is 18.7. The molecule has 3 aromatic rings. The topological polar surface area (TPSA) is 76.1 Å². The highest BCUT2D eigenvalue weighted by molar-refractivity contribution is 6.11. The van der Waals surface area contributed by atoms with E-state index in [1.807, 2.05) is 18.2 Å². The molecular formula is C28H25NO5. The van der Waals surface area contributed by atoms with Gasteiger partial charge in [0.2, 0.25) is 0 Å². The van der Waals surface area contributed by atoms with Crippen molar-refractivity contribution < 1.29 is 24.2 Å². The summed E-state index contributed by atoms with van der Waals surface area (Å²) in [5.74, 6) is -0.881. The summed E-state index contributed by atoms with van der Waals surface area (Å²) in [6, 6.07) is 17.9. The predicted octanol–water partition coefficient (Wildman–Crippen LogP) is 4.91. The van der Waals surface area contributed by atoms with Crippen LogP contribution in [-0.2, 0) is 17.6 Å². The maximum Gasteiger partial charge on any atom is 0.313 e. The third-order valence-corrected chi connectivity index (χ3v) is 7.12. The van der Waals surface area contributed by atoms with Crippen molar-refractivity contribution in [1.29, 1.82) is 0 Å². The molecule has 1 N–H and O–H groups in total. The maximum atomic E-state index is 13.9. The summed E-state index contributed by atoms with van der Waals surface area (Å²) in [7, 11) is 0. The highest BCUT2D eigenvalue weighted by Crippen LogP contribution is 2.47. The second-order valence-corrected chi connectivity index (χ2v) is 9.09. The number of aryl methyl sites for hydroxylation is 2. The zero-order valence-electron chi connectivity index (χ0n) is 18.7. The molecule has 172 valence electrons. The lowest BCUT2D eigenvalue weighted by atomic mass is 9.79. The molecule has 0 bridgehead atoms. The number of ether oxygens (including phenoxy) is 2. The molecule has 2 aliphatic heterocycles. The van der Waals surface area contributed by atoms with E-state index < -0.39 is 17.9 Å².